The molecule has 5 nitrogen and oxygen atoms in total. The van der Waals surface area contributed by atoms with Crippen LogP contribution < -0.4 is 4.31 Å². The van der Waals surface area contributed by atoms with Crippen LogP contribution in [0.1, 0.15) is 5.56 Å². The van der Waals surface area contributed by atoms with E-state index in [4.69, 9.17) is 0 Å². The molecule has 0 amide bonds. The molecule has 1 N–H and O–H groups in total. The lowest BCUT2D eigenvalue weighted by atomic mass is 10.2. The second-order valence-electron chi connectivity index (χ2n) is 3.74. The van der Waals surface area contributed by atoms with Crippen LogP contribution in [-0.2, 0) is 10.0 Å². The molecule has 0 fully saturated rings. The summed E-state index contributed by atoms with van der Waals surface area (Å²) in [6, 6.07) is 7.29. The minimum atomic E-state index is -3.52. The Morgan fingerprint density at radius 2 is 1.88 bits per heavy atom. The first-order valence-electron chi connectivity index (χ1n) is 5.06. The van der Waals surface area contributed by atoms with Gasteiger partial charge < -0.3 is 0 Å². The first kappa shape index (κ1) is 11.7. The van der Waals surface area contributed by atoms with Gasteiger partial charge in [-0.05, 0) is 19.1 Å². The zero-order chi connectivity index (χ0) is 12.5. The van der Waals surface area contributed by atoms with E-state index >= 15 is 0 Å². The number of benzene rings is 1. The number of hydrogen-bond acceptors (Lipinski definition) is 3. The van der Waals surface area contributed by atoms with Crippen LogP contribution >= 0.6 is 0 Å². The fraction of sp³-hybridized carbons (Fsp3) is 0.182. The zero-order valence-corrected chi connectivity index (χ0v) is 10.4. The molecule has 0 unspecified atom stereocenters. The molecule has 0 spiro atoms. The van der Waals surface area contributed by atoms with Crippen molar-refractivity contribution in [3.63, 3.8) is 0 Å². The van der Waals surface area contributed by atoms with Gasteiger partial charge in [-0.1, -0.05) is 17.7 Å². The quantitative estimate of drug-likeness (QED) is 0.900. The Morgan fingerprint density at radius 1 is 1.24 bits per heavy atom. The number of H-pyrrole nitrogens is 1. The van der Waals surface area contributed by atoms with Crippen molar-refractivity contribution in [3.8, 4) is 0 Å². The summed E-state index contributed by atoms with van der Waals surface area (Å²) in [6.07, 6.45) is 2.65. The lowest BCUT2D eigenvalue weighted by Crippen LogP contribution is -2.26. The molecule has 1 aromatic heterocycles. The van der Waals surface area contributed by atoms with E-state index < -0.39 is 10.0 Å². The molecule has 2 rings (SSSR count). The van der Waals surface area contributed by atoms with E-state index in [-0.39, 0.29) is 4.90 Å². The lowest BCUT2D eigenvalue weighted by molar-refractivity contribution is 0.594. The van der Waals surface area contributed by atoms with E-state index in [1.165, 1.54) is 23.7 Å². The van der Waals surface area contributed by atoms with Crippen LogP contribution in [0.2, 0.25) is 0 Å². The van der Waals surface area contributed by atoms with Gasteiger partial charge >= 0.3 is 0 Å². The SMILES string of the molecule is Cc1ccc(N(C)S(=O)(=O)c2cn[nH]c2)cc1. The minimum Gasteiger partial charge on any atom is -0.284 e. The number of nitrogens with one attached hydrogen (secondary N) is 1. The zero-order valence-electron chi connectivity index (χ0n) is 9.58. The molecule has 0 saturated carbocycles. The number of rotatable bonds is 3. The first-order chi connectivity index (χ1) is 8.01. The highest BCUT2D eigenvalue weighted by Crippen LogP contribution is 2.21. The van der Waals surface area contributed by atoms with E-state index in [0.717, 1.165) is 5.56 Å². The first-order valence-corrected chi connectivity index (χ1v) is 6.50. The summed E-state index contributed by atoms with van der Waals surface area (Å²) in [5.41, 5.74) is 1.71. The molecule has 0 atom stereocenters. The number of nitrogens with zero attached hydrogens (tertiary/aromatic N) is 2. The van der Waals surface area contributed by atoms with Crippen LogP contribution in [-0.4, -0.2) is 25.7 Å². The summed E-state index contributed by atoms with van der Waals surface area (Å²) in [5.74, 6) is 0. The van der Waals surface area contributed by atoms with Gasteiger partial charge in [0.1, 0.15) is 4.90 Å². The molecule has 0 saturated heterocycles. The average molecular weight is 251 g/mol. The maximum atomic E-state index is 12.1. The summed E-state index contributed by atoms with van der Waals surface area (Å²) in [4.78, 5) is 0.153. The third-order valence-electron chi connectivity index (χ3n) is 2.53. The number of anilines is 1. The van der Waals surface area contributed by atoms with Crippen molar-refractivity contribution < 1.29 is 8.42 Å². The lowest BCUT2D eigenvalue weighted by Gasteiger charge is -2.18. The summed E-state index contributed by atoms with van der Waals surface area (Å²) >= 11 is 0. The van der Waals surface area contributed by atoms with Crippen molar-refractivity contribution in [1.29, 1.82) is 0 Å². The molecular formula is C11H13N3O2S. The van der Waals surface area contributed by atoms with E-state index in [9.17, 15) is 8.42 Å². The predicted octanol–water partition coefficient (Wildman–Crippen LogP) is 1.54. The Hall–Kier alpha value is -1.82. The van der Waals surface area contributed by atoms with Gasteiger partial charge in [0.25, 0.3) is 10.0 Å². The summed E-state index contributed by atoms with van der Waals surface area (Å²) in [7, 11) is -2.00. The molecule has 0 aliphatic carbocycles. The standard InChI is InChI=1S/C11H13N3O2S/c1-9-3-5-10(6-4-9)14(2)17(15,16)11-7-12-13-8-11/h3-8H,1-2H3,(H,12,13). The normalized spacial score (nSPS) is 11.4. The molecule has 0 bridgehead atoms. The fourth-order valence-electron chi connectivity index (χ4n) is 1.43. The third-order valence-corrected chi connectivity index (χ3v) is 4.28. The second kappa shape index (κ2) is 4.21. The number of aromatic nitrogens is 2. The average Bonchev–Trinajstić information content (AvgIpc) is 2.83. The van der Waals surface area contributed by atoms with Crippen molar-refractivity contribution in [2.45, 2.75) is 11.8 Å². The molecule has 90 valence electrons. The van der Waals surface area contributed by atoms with Gasteiger partial charge in [-0.2, -0.15) is 5.10 Å². The maximum Gasteiger partial charge on any atom is 0.267 e. The number of hydrogen-bond donors (Lipinski definition) is 1. The molecular weight excluding hydrogens is 238 g/mol. The van der Waals surface area contributed by atoms with Crippen LogP contribution in [0.4, 0.5) is 5.69 Å². The molecule has 17 heavy (non-hydrogen) atoms. The van der Waals surface area contributed by atoms with Crippen LogP contribution in [0.15, 0.2) is 41.6 Å². The number of aryl methyl sites for hydroxylation is 1. The highest BCUT2D eigenvalue weighted by molar-refractivity contribution is 7.92. The minimum absolute atomic E-state index is 0.153. The van der Waals surface area contributed by atoms with E-state index in [1.54, 1.807) is 12.1 Å². The Balaban J connectivity index is 2.38. The number of aromatic amines is 1. The van der Waals surface area contributed by atoms with Gasteiger partial charge in [-0.3, -0.25) is 9.40 Å². The van der Waals surface area contributed by atoms with Crippen LogP contribution in [0.25, 0.3) is 0 Å². The molecule has 2 aromatic rings. The largest absolute Gasteiger partial charge is 0.284 e. The summed E-state index contributed by atoms with van der Waals surface area (Å²) in [5, 5.41) is 6.14. The summed E-state index contributed by atoms with van der Waals surface area (Å²) in [6.45, 7) is 1.95. The van der Waals surface area contributed by atoms with Gasteiger partial charge in [0, 0.05) is 13.2 Å². The van der Waals surface area contributed by atoms with Crippen molar-refractivity contribution in [2.75, 3.05) is 11.4 Å². The Bertz CT molecular complexity index is 588. The molecule has 0 aliphatic heterocycles. The maximum absolute atomic E-state index is 12.1. The second-order valence-corrected chi connectivity index (χ2v) is 5.71. The van der Waals surface area contributed by atoms with Gasteiger partial charge in [0.15, 0.2) is 0 Å². The summed E-state index contributed by atoms with van der Waals surface area (Å²) < 4.78 is 25.5. The molecule has 6 heteroatoms. The highest BCUT2D eigenvalue weighted by Gasteiger charge is 2.21. The van der Waals surface area contributed by atoms with Crippen LogP contribution in [0.3, 0.4) is 0 Å². The van der Waals surface area contributed by atoms with Gasteiger partial charge in [-0.25, -0.2) is 8.42 Å². The van der Waals surface area contributed by atoms with Crippen molar-refractivity contribution in [1.82, 2.24) is 10.2 Å². The third kappa shape index (κ3) is 2.16. The molecule has 0 aliphatic rings. The number of sulfonamides is 1. The van der Waals surface area contributed by atoms with Gasteiger partial charge in [0.05, 0.1) is 11.9 Å². The van der Waals surface area contributed by atoms with Gasteiger partial charge in [0.2, 0.25) is 0 Å². The highest BCUT2D eigenvalue weighted by atomic mass is 32.2. The fourth-order valence-corrected chi connectivity index (χ4v) is 2.53. The van der Waals surface area contributed by atoms with Crippen molar-refractivity contribution in [2.24, 2.45) is 0 Å². The molecule has 1 aromatic carbocycles. The van der Waals surface area contributed by atoms with Gasteiger partial charge in [-0.15, -0.1) is 0 Å². The van der Waals surface area contributed by atoms with Crippen LogP contribution in [0.5, 0.6) is 0 Å². The van der Waals surface area contributed by atoms with E-state index in [0.29, 0.717) is 5.69 Å². The van der Waals surface area contributed by atoms with Crippen LogP contribution in [0, 0.1) is 6.92 Å². The Kier molecular flexibility index (Phi) is 2.89. The smallest absolute Gasteiger partial charge is 0.267 e. The Morgan fingerprint density at radius 3 is 2.41 bits per heavy atom. The Labute approximate surface area is 100 Å². The topological polar surface area (TPSA) is 66.1 Å². The molecule has 0 radical (unpaired) electrons. The van der Waals surface area contributed by atoms with Crippen molar-refractivity contribution in [3.05, 3.63) is 42.2 Å². The van der Waals surface area contributed by atoms with E-state index in [1.807, 2.05) is 19.1 Å². The molecule has 1 heterocycles. The van der Waals surface area contributed by atoms with Crippen molar-refractivity contribution >= 4 is 15.7 Å². The predicted molar refractivity (Wildman–Crippen MR) is 65.4 cm³/mol. The monoisotopic (exact) mass is 251 g/mol. The van der Waals surface area contributed by atoms with E-state index in [2.05, 4.69) is 10.2 Å².